The largest absolute Gasteiger partial charge is 0.416 e. The SMILES string of the molecule is CN1CCCc2[nH]nc(C(=O)N3CCC(c4ccc(CC(C)(C)S(=O)(=O)N5CCc6c(C(O)N7CCC(c8ccccc8C(F)(F)F)CC7)n[nH]c6C5)cc4C(F)(F)F)CC3)c2C1. The number of alkyl halides is 6. The van der Waals surface area contributed by atoms with Gasteiger partial charge >= 0.3 is 12.4 Å². The van der Waals surface area contributed by atoms with Crippen molar-refractivity contribution in [2.45, 2.75) is 113 Å². The number of carbonyl (C=O) groups is 1. The van der Waals surface area contributed by atoms with Crippen LogP contribution in [0, 0.1) is 0 Å². The monoisotopic (exact) mass is 904 g/mol. The summed E-state index contributed by atoms with van der Waals surface area (Å²) in [5.41, 5.74) is 2.84. The lowest BCUT2D eigenvalue weighted by atomic mass is 9.84. The van der Waals surface area contributed by atoms with E-state index in [0.717, 1.165) is 42.8 Å². The maximum Gasteiger partial charge on any atom is 0.416 e. The van der Waals surface area contributed by atoms with Crippen LogP contribution < -0.4 is 0 Å². The van der Waals surface area contributed by atoms with Crippen molar-refractivity contribution in [3.05, 3.63) is 104 Å². The van der Waals surface area contributed by atoms with Crippen molar-refractivity contribution in [3.8, 4) is 0 Å². The number of likely N-dealkylation sites (tertiary alicyclic amines) is 2. The number of nitrogens with one attached hydrogen (secondary N) is 2. The third-order valence-electron chi connectivity index (χ3n) is 13.6. The highest BCUT2D eigenvalue weighted by atomic mass is 32.2. The number of sulfonamides is 1. The van der Waals surface area contributed by atoms with Crippen molar-refractivity contribution in [1.82, 2.24) is 39.4 Å². The second-order valence-electron chi connectivity index (χ2n) is 18.2. The van der Waals surface area contributed by atoms with Gasteiger partial charge in [-0.15, -0.1) is 0 Å². The Morgan fingerprint density at radius 2 is 1.43 bits per heavy atom. The number of H-pyrrole nitrogens is 2. The molecule has 4 aliphatic heterocycles. The van der Waals surface area contributed by atoms with Crippen LogP contribution in [0.5, 0.6) is 0 Å². The number of benzene rings is 2. The van der Waals surface area contributed by atoms with E-state index in [1.807, 2.05) is 7.05 Å². The van der Waals surface area contributed by atoms with Crippen molar-refractivity contribution in [3.63, 3.8) is 0 Å². The number of hydrogen-bond acceptors (Lipinski definition) is 8. The molecular weight excluding hydrogens is 851 g/mol. The lowest BCUT2D eigenvalue weighted by molar-refractivity contribution is -0.139. The summed E-state index contributed by atoms with van der Waals surface area (Å²) < 4.78 is 114. The van der Waals surface area contributed by atoms with Crippen LogP contribution in [0.15, 0.2) is 42.5 Å². The highest BCUT2D eigenvalue weighted by Gasteiger charge is 2.44. The van der Waals surface area contributed by atoms with E-state index in [1.54, 1.807) is 21.9 Å². The van der Waals surface area contributed by atoms with Crippen LogP contribution in [-0.4, -0.2) is 110 Å². The highest BCUT2D eigenvalue weighted by molar-refractivity contribution is 7.90. The standard InChI is InChI=1S/C44H54F6N8O4S/c1-42(2,24-27-10-11-31(35(23-27)44(48,49)50)29-14-20-57(21-15-29)41(60)39-33-25-55(3)17-6-9-36(33)51-54-39)63(61,62)58-22-16-32-37(26-58)52-53-38(32)40(59)56-18-12-28(13-19-56)30-7-4-5-8-34(30)43(45,46)47/h4-5,7-8,10-11,23,28-29,40,59H,6,9,12-22,24-26H2,1-3H3,(H,51,54)(H,52,53). The molecule has 8 rings (SSSR count). The third-order valence-corrected chi connectivity index (χ3v) is 16.2. The number of fused-ring (bicyclic) bond motifs is 2. The van der Waals surface area contributed by atoms with Crippen LogP contribution in [0.3, 0.4) is 0 Å². The van der Waals surface area contributed by atoms with Crippen LogP contribution >= 0.6 is 0 Å². The Morgan fingerprint density at radius 1 is 0.794 bits per heavy atom. The molecule has 0 spiro atoms. The molecule has 63 heavy (non-hydrogen) atoms. The van der Waals surface area contributed by atoms with E-state index in [4.69, 9.17) is 0 Å². The van der Waals surface area contributed by atoms with Gasteiger partial charge < -0.3 is 14.9 Å². The van der Waals surface area contributed by atoms with Crippen LogP contribution in [0.25, 0.3) is 0 Å². The van der Waals surface area contributed by atoms with Gasteiger partial charge in [-0.3, -0.25) is 19.9 Å². The molecule has 1 unspecified atom stereocenters. The third kappa shape index (κ3) is 9.04. The van der Waals surface area contributed by atoms with Crippen molar-refractivity contribution in [1.29, 1.82) is 0 Å². The van der Waals surface area contributed by atoms with Crippen LogP contribution in [-0.2, 0) is 54.7 Å². The van der Waals surface area contributed by atoms with Gasteiger partial charge in [-0.25, -0.2) is 8.42 Å². The van der Waals surface area contributed by atoms with E-state index in [0.29, 0.717) is 68.0 Å². The number of nitrogens with zero attached hydrogens (tertiary/aromatic N) is 6. The number of aliphatic hydroxyl groups is 1. The zero-order chi connectivity index (χ0) is 45.1. The molecule has 19 heteroatoms. The molecule has 0 radical (unpaired) electrons. The van der Waals surface area contributed by atoms with Gasteiger partial charge in [0.05, 0.1) is 28.1 Å². The second kappa shape index (κ2) is 17.2. The fraction of sp³-hybridized carbons (Fsp3) is 0.568. The first kappa shape index (κ1) is 45.3. The molecule has 0 bridgehead atoms. The summed E-state index contributed by atoms with van der Waals surface area (Å²) in [6, 6.07) is 9.66. The molecule has 3 N–H and O–H groups in total. The van der Waals surface area contributed by atoms with Gasteiger partial charge in [0.2, 0.25) is 10.0 Å². The van der Waals surface area contributed by atoms with Gasteiger partial charge in [0, 0.05) is 56.1 Å². The molecule has 2 fully saturated rings. The lowest BCUT2D eigenvalue weighted by Gasteiger charge is -2.36. The Balaban J connectivity index is 0.902. The van der Waals surface area contributed by atoms with Gasteiger partial charge in [0.25, 0.3) is 5.91 Å². The summed E-state index contributed by atoms with van der Waals surface area (Å²) in [7, 11) is -2.11. The predicted octanol–water partition coefficient (Wildman–Crippen LogP) is 7.15. The Kier molecular flexibility index (Phi) is 12.4. The molecule has 342 valence electrons. The average Bonchev–Trinajstić information content (AvgIpc) is 3.80. The van der Waals surface area contributed by atoms with E-state index >= 15 is 0 Å². The van der Waals surface area contributed by atoms with Gasteiger partial charge in [-0.1, -0.05) is 30.3 Å². The van der Waals surface area contributed by atoms with Gasteiger partial charge in [0.15, 0.2) is 11.9 Å². The van der Waals surface area contributed by atoms with E-state index in [9.17, 15) is 44.7 Å². The Bertz CT molecular complexity index is 2420. The van der Waals surface area contributed by atoms with E-state index < -0.39 is 50.4 Å². The number of aryl methyl sites for hydroxylation is 1. The Morgan fingerprint density at radius 3 is 2.11 bits per heavy atom. The maximum absolute atomic E-state index is 14.7. The molecule has 2 saturated heterocycles. The van der Waals surface area contributed by atoms with Gasteiger partial charge in [0.1, 0.15) is 5.69 Å². The molecule has 12 nitrogen and oxygen atoms in total. The fourth-order valence-electron chi connectivity index (χ4n) is 10.1. The first-order valence-corrected chi connectivity index (χ1v) is 23.0. The van der Waals surface area contributed by atoms with Crippen molar-refractivity contribution in [2.24, 2.45) is 0 Å². The summed E-state index contributed by atoms with van der Waals surface area (Å²) in [5.74, 6) is -1.00. The molecule has 4 aromatic rings. The molecule has 1 atom stereocenters. The normalized spacial score (nSPS) is 20.1. The van der Waals surface area contributed by atoms with Crippen molar-refractivity contribution < 1.29 is 44.7 Å². The quantitative estimate of drug-likeness (QED) is 0.151. The first-order valence-electron chi connectivity index (χ1n) is 21.6. The molecule has 2 aromatic carbocycles. The van der Waals surface area contributed by atoms with Gasteiger partial charge in [-0.05, 0) is 119 Å². The molecular formula is C44H54F6N8O4S. The number of aliphatic hydroxyl groups excluding tert-OH is 1. The van der Waals surface area contributed by atoms with E-state index in [-0.39, 0.29) is 67.5 Å². The number of carbonyl (C=O) groups excluding carboxylic acids is 1. The summed E-state index contributed by atoms with van der Waals surface area (Å²) >= 11 is 0. The molecule has 2 aromatic heterocycles. The van der Waals surface area contributed by atoms with Crippen LogP contribution in [0.2, 0.25) is 0 Å². The number of aromatic amines is 2. The van der Waals surface area contributed by atoms with E-state index in [2.05, 4.69) is 25.3 Å². The predicted molar refractivity (Wildman–Crippen MR) is 222 cm³/mol. The molecule has 4 aliphatic rings. The number of amides is 1. The van der Waals surface area contributed by atoms with Crippen LogP contribution in [0.1, 0.15) is 131 Å². The smallest absolute Gasteiger partial charge is 0.372 e. The molecule has 1 amide bonds. The molecule has 6 heterocycles. The Labute approximate surface area is 363 Å². The van der Waals surface area contributed by atoms with Crippen molar-refractivity contribution in [2.75, 3.05) is 46.3 Å². The summed E-state index contributed by atoms with van der Waals surface area (Å²) in [4.78, 5) is 19.1. The minimum atomic E-state index is -4.69. The number of hydrogen-bond donors (Lipinski definition) is 3. The van der Waals surface area contributed by atoms with Gasteiger partial charge in [-0.2, -0.15) is 40.8 Å². The zero-order valence-corrected chi connectivity index (χ0v) is 36.4. The summed E-state index contributed by atoms with van der Waals surface area (Å²) in [6.07, 6.45) is -7.06. The number of piperidine rings is 2. The van der Waals surface area contributed by atoms with Crippen LogP contribution in [0.4, 0.5) is 26.3 Å². The average molecular weight is 905 g/mol. The minimum absolute atomic E-state index is 0.0575. The number of aromatic nitrogens is 4. The number of halogens is 6. The second-order valence-corrected chi connectivity index (χ2v) is 20.8. The highest BCUT2D eigenvalue weighted by Crippen LogP contribution is 2.43. The first-order chi connectivity index (χ1) is 29.7. The summed E-state index contributed by atoms with van der Waals surface area (Å²) in [5, 5.41) is 26.0. The summed E-state index contributed by atoms with van der Waals surface area (Å²) in [6.45, 7) is 5.70. The topological polar surface area (TPSA) is 142 Å². The number of rotatable bonds is 9. The Hall–Kier alpha value is -4.30. The fourth-order valence-corrected chi connectivity index (χ4v) is 11.8. The maximum atomic E-state index is 14.7. The lowest BCUT2D eigenvalue weighted by Crippen LogP contribution is -2.48. The zero-order valence-electron chi connectivity index (χ0n) is 35.6. The van der Waals surface area contributed by atoms with Crippen molar-refractivity contribution >= 4 is 15.9 Å². The minimum Gasteiger partial charge on any atom is -0.372 e. The molecule has 0 saturated carbocycles. The van der Waals surface area contributed by atoms with E-state index in [1.165, 1.54) is 36.4 Å². The molecule has 0 aliphatic carbocycles.